The quantitative estimate of drug-likeness (QED) is 0.576. The van der Waals surface area contributed by atoms with Crippen molar-refractivity contribution in [2.75, 3.05) is 54.4 Å². The van der Waals surface area contributed by atoms with Crippen LogP contribution >= 0.6 is 0 Å². The van der Waals surface area contributed by atoms with Crippen molar-refractivity contribution in [2.24, 2.45) is 5.92 Å². The van der Waals surface area contributed by atoms with E-state index in [1.54, 1.807) is 7.11 Å². The first kappa shape index (κ1) is 24.7. The molecule has 1 aliphatic heterocycles. The van der Waals surface area contributed by atoms with Crippen LogP contribution in [0.25, 0.3) is 0 Å². The van der Waals surface area contributed by atoms with Crippen LogP contribution in [0.5, 0.6) is 5.75 Å². The fourth-order valence-electron chi connectivity index (χ4n) is 4.33. The van der Waals surface area contributed by atoms with Gasteiger partial charge in [0, 0.05) is 32.1 Å². The van der Waals surface area contributed by atoms with E-state index in [0.717, 1.165) is 36.4 Å². The van der Waals surface area contributed by atoms with Crippen molar-refractivity contribution in [1.82, 2.24) is 20.4 Å². The summed E-state index contributed by atoms with van der Waals surface area (Å²) in [6.07, 6.45) is 0.783. The second-order valence-electron chi connectivity index (χ2n) is 9.08. The highest BCUT2D eigenvalue weighted by Gasteiger charge is 2.36. The summed E-state index contributed by atoms with van der Waals surface area (Å²) in [7, 11) is 7.46. The third kappa shape index (κ3) is 7.30. The minimum atomic E-state index is -0.0931. The molecular weight excluding hydrogens is 416 g/mol. The molecule has 0 bridgehead atoms. The Kier molecular flexibility index (Phi) is 8.86. The van der Waals surface area contributed by atoms with Crippen molar-refractivity contribution in [3.8, 4) is 5.75 Å². The Morgan fingerprint density at radius 2 is 1.82 bits per heavy atom. The van der Waals surface area contributed by atoms with Crippen LogP contribution in [0, 0.1) is 5.92 Å². The maximum atomic E-state index is 13.0. The van der Waals surface area contributed by atoms with Crippen LogP contribution in [-0.2, 0) is 22.6 Å². The van der Waals surface area contributed by atoms with E-state index in [9.17, 15) is 9.59 Å². The molecule has 0 aliphatic carbocycles. The van der Waals surface area contributed by atoms with Gasteiger partial charge in [-0.1, -0.05) is 36.4 Å². The van der Waals surface area contributed by atoms with Gasteiger partial charge in [0.05, 0.1) is 19.6 Å². The number of methoxy groups -OCH3 is 1. The Bertz CT molecular complexity index is 929. The topological polar surface area (TPSA) is 73.9 Å². The molecule has 0 spiro atoms. The van der Waals surface area contributed by atoms with Crippen molar-refractivity contribution in [2.45, 2.75) is 18.9 Å². The monoisotopic (exact) mass is 452 g/mol. The molecule has 7 nitrogen and oxygen atoms in total. The van der Waals surface area contributed by atoms with E-state index in [4.69, 9.17) is 4.74 Å². The van der Waals surface area contributed by atoms with E-state index in [-0.39, 0.29) is 23.7 Å². The lowest BCUT2D eigenvalue weighted by atomic mass is 9.87. The summed E-state index contributed by atoms with van der Waals surface area (Å²) < 4.78 is 5.20. The maximum absolute atomic E-state index is 13.0. The maximum Gasteiger partial charge on any atom is 0.234 e. The van der Waals surface area contributed by atoms with Crippen molar-refractivity contribution < 1.29 is 14.3 Å². The number of nitrogens with one attached hydrogen (secondary N) is 2. The predicted octanol–water partition coefficient (Wildman–Crippen LogP) is 1.88. The van der Waals surface area contributed by atoms with Gasteiger partial charge in [-0.15, -0.1) is 0 Å². The van der Waals surface area contributed by atoms with E-state index in [1.165, 1.54) is 5.56 Å². The normalized spacial score (nSPS) is 18.3. The first-order chi connectivity index (χ1) is 15.9. The number of ether oxygens (including phenoxy) is 1. The van der Waals surface area contributed by atoms with Gasteiger partial charge >= 0.3 is 0 Å². The lowest BCUT2D eigenvalue weighted by molar-refractivity contribution is -0.125. The fourth-order valence-corrected chi connectivity index (χ4v) is 4.33. The second-order valence-corrected chi connectivity index (χ2v) is 9.08. The van der Waals surface area contributed by atoms with Gasteiger partial charge in [0.2, 0.25) is 11.8 Å². The Morgan fingerprint density at radius 3 is 2.52 bits per heavy atom. The van der Waals surface area contributed by atoms with Crippen molar-refractivity contribution >= 4 is 11.8 Å². The molecule has 2 atom stereocenters. The third-order valence-electron chi connectivity index (χ3n) is 6.04. The lowest BCUT2D eigenvalue weighted by Crippen LogP contribution is -2.35. The number of likely N-dealkylation sites (N-methyl/N-ethyl adjacent to an activating group) is 2. The Hall–Kier alpha value is -2.90. The van der Waals surface area contributed by atoms with E-state index >= 15 is 0 Å². The predicted molar refractivity (Wildman–Crippen MR) is 130 cm³/mol. The van der Waals surface area contributed by atoms with Gasteiger partial charge in [-0.2, -0.15) is 0 Å². The number of nitrogens with zero attached hydrogens (tertiary/aromatic N) is 2. The molecule has 1 saturated heterocycles. The minimum absolute atomic E-state index is 0.000108. The molecule has 2 amide bonds. The summed E-state index contributed by atoms with van der Waals surface area (Å²) in [6.45, 7) is 3.04. The van der Waals surface area contributed by atoms with E-state index in [0.29, 0.717) is 19.6 Å². The molecule has 1 aliphatic rings. The van der Waals surface area contributed by atoms with Gasteiger partial charge < -0.3 is 25.2 Å². The summed E-state index contributed by atoms with van der Waals surface area (Å²) in [5, 5.41) is 6.10. The van der Waals surface area contributed by atoms with E-state index in [1.807, 2.05) is 55.4 Å². The molecule has 2 aromatic rings. The number of hydrogen-bond donors (Lipinski definition) is 2. The molecule has 0 unspecified atom stereocenters. The van der Waals surface area contributed by atoms with Gasteiger partial charge in [0.25, 0.3) is 0 Å². The molecule has 0 aromatic heterocycles. The van der Waals surface area contributed by atoms with Crippen LogP contribution < -0.4 is 15.4 Å². The van der Waals surface area contributed by atoms with Crippen LogP contribution in [0.15, 0.2) is 48.5 Å². The van der Waals surface area contributed by atoms with Crippen LogP contribution in [0.2, 0.25) is 0 Å². The van der Waals surface area contributed by atoms with Crippen molar-refractivity contribution in [1.29, 1.82) is 0 Å². The SMILES string of the molecule is COc1ccc(CCNC(=O)[C@@H]2CN(C)C[C@H]2c2cccc(CNC(=O)CN(C)C)c2)cc1. The summed E-state index contributed by atoms with van der Waals surface area (Å²) >= 11 is 0. The molecule has 33 heavy (non-hydrogen) atoms. The largest absolute Gasteiger partial charge is 0.497 e. The summed E-state index contributed by atoms with van der Waals surface area (Å²) in [6, 6.07) is 16.2. The molecule has 178 valence electrons. The molecule has 0 saturated carbocycles. The number of carbonyl (C=O) groups is 2. The van der Waals surface area contributed by atoms with Crippen LogP contribution in [-0.4, -0.2) is 76.0 Å². The molecule has 0 radical (unpaired) electrons. The third-order valence-corrected chi connectivity index (χ3v) is 6.04. The molecule has 7 heteroatoms. The van der Waals surface area contributed by atoms with Gasteiger partial charge in [-0.3, -0.25) is 9.59 Å². The zero-order valence-electron chi connectivity index (χ0n) is 20.1. The number of rotatable bonds is 10. The number of carbonyl (C=O) groups excluding carboxylic acids is 2. The first-order valence-electron chi connectivity index (χ1n) is 11.4. The van der Waals surface area contributed by atoms with Gasteiger partial charge in [0.15, 0.2) is 0 Å². The number of hydrogen-bond acceptors (Lipinski definition) is 5. The molecular formula is C26H36N4O3. The Balaban J connectivity index is 1.57. The highest BCUT2D eigenvalue weighted by molar-refractivity contribution is 5.80. The molecule has 3 rings (SSSR count). The van der Waals surface area contributed by atoms with Crippen LogP contribution in [0.1, 0.15) is 22.6 Å². The van der Waals surface area contributed by atoms with Crippen molar-refractivity contribution in [3.05, 3.63) is 65.2 Å². The number of benzene rings is 2. The van der Waals surface area contributed by atoms with E-state index in [2.05, 4.69) is 34.7 Å². The van der Waals surface area contributed by atoms with Crippen LogP contribution in [0.3, 0.4) is 0 Å². The van der Waals surface area contributed by atoms with Gasteiger partial charge in [-0.05, 0) is 56.4 Å². The molecule has 2 aromatic carbocycles. The summed E-state index contributed by atoms with van der Waals surface area (Å²) in [5.41, 5.74) is 3.36. The minimum Gasteiger partial charge on any atom is -0.497 e. The zero-order valence-corrected chi connectivity index (χ0v) is 20.1. The average Bonchev–Trinajstić information content (AvgIpc) is 3.20. The fraction of sp³-hybridized carbons (Fsp3) is 0.462. The van der Waals surface area contributed by atoms with Crippen molar-refractivity contribution in [3.63, 3.8) is 0 Å². The smallest absolute Gasteiger partial charge is 0.234 e. The van der Waals surface area contributed by atoms with Gasteiger partial charge in [-0.25, -0.2) is 0 Å². The highest BCUT2D eigenvalue weighted by Crippen LogP contribution is 2.32. The Labute approximate surface area is 197 Å². The zero-order chi connectivity index (χ0) is 23.8. The van der Waals surface area contributed by atoms with Gasteiger partial charge in [0.1, 0.15) is 5.75 Å². The van der Waals surface area contributed by atoms with E-state index < -0.39 is 0 Å². The molecule has 1 fully saturated rings. The highest BCUT2D eigenvalue weighted by atomic mass is 16.5. The summed E-state index contributed by atoms with van der Waals surface area (Å²) in [4.78, 5) is 29.1. The van der Waals surface area contributed by atoms with Crippen LogP contribution in [0.4, 0.5) is 0 Å². The average molecular weight is 453 g/mol. The number of likely N-dealkylation sites (tertiary alicyclic amines) is 1. The Morgan fingerprint density at radius 1 is 1.06 bits per heavy atom. The summed E-state index contributed by atoms with van der Waals surface area (Å²) in [5.74, 6) is 0.972. The molecule has 2 N–H and O–H groups in total. The standard InChI is InChI=1S/C26H36N4O3/c1-29(2)18-25(31)28-15-20-6-5-7-21(14-20)23-16-30(3)17-24(23)26(32)27-13-12-19-8-10-22(33-4)11-9-19/h5-11,14,23-24H,12-13,15-18H2,1-4H3,(H,27,32)(H,28,31)/t23-,24+/m0/s1. The molecule has 1 heterocycles. The lowest BCUT2D eigenvalue weighted by Gasteiger charge is -2.19. The second kappa shape index (κ2) is 11.8. The first-order valence-corrected chi connectivity index (χ1v) is 11.4. The number of amides is 2.